The average Bonchev–Trinajstić information content (AvgIpc) is 2.81. The Labute approximate surface area is 104 Å². The molecule has 3 rings (SSSR count). The number of fused-ring (bicyclic) bond motifs is 1. The number of nitrogens with one attached hydrogen (secondary N) is 2. The minimum Gasteiger partial charge on any atom is -0.350 e. The highest BCUT2D eigenvalue weighted by molar-refractivity contribution is 6.31. The Hall–Kier alpha value is -1.39. The van der Waals surface area contributed by atoms with E-state index in [4.69, 9.17) is 11.6 Å². The standard InChI is InChI=1S/C12H13ClN4/c13-9-2-1-8-6-15-12(17-11(8)5-9)16-10-3-4-14-7-10/h1-2,5-6,10,14H,3-4,7H2,(H,15,16,17)/t10-/m1/s1. The topological polar surface area (TPSA) is 49.8 Å². The van der Waals surface area contributed by atoms with Crippen LogP contribution in [0.1, 0.15) is 6.42 Å². The van der Waals surface area contributed by atoms with Gasteiger partial charge in [0.15, 0.2) is 0 Å². The van der Waals surface area contributed by atoms with Crippen LogP contribution >= 0.6 is 11.6 Å². The fourth-order valence-electron chi connectivity index (χ4n) is 2.03. The summed E-state index contributed by atoms with van der Waals surface area (Å²) in [4.78, 5) is 8.77. The van der Waals surface area contributed by atoms with E-state index in [2.05, 4.69) is 20.6 Å². The largest absolute Gasteiger partial charge is 0.350 e. The molecule has 2 N–H and O–H groups in total. The van der Waals surface area contributed by atoms with Crippen LogP contribution in [-0.2, 0) is 0 Å². The molecule has 0 spiro atoms. The second kappa shape index (κ2) is 4.47. The maximum Gasteiger partial charge on any atom is 0.223 e. The smallest absolute Gasteiger partial charge is 0.223 e. The second-order valence-electron chi connectivity index (χ2n) is 4.23. The zero-order valence-corrected chi connectivity index (χ0v) is 10.0. The van der Waals surface area contributed by atoms with E-state index in [1.54, 1.807) is 0 Å². The summed E-state index contributed by atoms with van der Waals surface area (Å²) >= 11 is 5.95. The number of hydrogen-bond acceptors (Lipinski definition) is 4. The van der Waals surface area contributed by atoms with Crippen molar-refractivity contribution in [2.75, 3.05) is 18.4 Å². The number of halogens is 1. The highest BCUT2D eigenvalue weighted by Crippen LogP contribution is 2.18. The Bertz CT molecular complexity index is 537. The Morgan fingerprint density at radius 1 is 1.41 bits per heavy atom. The first-order valence-electron chi connectivity index (χ1n) is 5.71. The first kappa shape index (κ1) is 10.7. The van der Waals surface area contributed by atoms with E-state index in [1.165, 1.54) is 0 Å². The second-order valence-corrected chi connectivity index (χ2v) is 4.67. The van der Waals surface area contributed by atoms with Crippen molar-refractivity contribution in [3.8, 4) is 0 Å². The maximum absolute atomic E-state index is 5.95. The maximum atomic E-state index is 5.95. The van der Waals surface area contributed by atoms with Crippen molar-refractivity contribution in [1.29, 1.82) is 0 Å². The third-order valence-electron chi connectivity index (χ3n) is 2.94. The highest BCUT2D eigenvalue weighted by atomic mass is 35.5. The molecule has 1 atom stereocenters. The predicted molar refractivity (Wildman–Crippen MR) is 69.4 cm³/mol. The lowest BCUT2D eigenvalue weighted by atomic mass is 10.2. The molecule has 0 amide bonds. The highest BCUT2D eigenvalue weighted by Gasteiger charge is 2.14. The summed E-state index contributed by atoms with van der Waals surface area (Å²) in [5, 5.41) is 8.33. The first-order chi connectivity index (χ1) is 8.31. The van der Waals surface area contributed by atoms with E-state index in [1.807, 2.05) is 24.4 Å². The van der Waals surface area contributed by atoms with E-state index < -0.39 is 0 Å². The number of hydrogen-bond donors (Lipinski definition) is 2. The summed E-state index contributed by atoms with van der Waals surface area (Å²) in [7, 11) is 0. The van der Waals surface area contributed by atoms with Crippen LogP contribution in [0.2, 0.25) is 5.02 Å². The molecule has 17 heavy (non-hydrogen) atoms. The molecular weight excluding hydrogens is 236 g/mol. The molecule has 0 unspecified atom stereocenters. The van der Waals surface area contributed by atoms with Gasteiger partial charge in [-0.3, -0.25) is 0 Å². The Kier molecular flexibility index (Phi) is 2.82. The van der Waals surface area contributed by atoms with Gasteiger partial charge in [0.1, 0.15) is 0 Å². The van der Waals surface area contributed by atoms with Crippen molar-refractivity contribution in [3.05, 3.63) is 29.4 Å². The molecule has 1 aliphatic rings. The molecule has 1 fully saturated rings. The average molecular weight is 249 g/mol. The van der Waals surface area contributed by atoms with Gasteiger partial charge in [-0.2, -0.15) is 0 Å². The van der Waals surface area contributed by atoms with E-state index in [9.17, 15) is 0 Å². The summed E-state index contributed by atoms with van der Waals surface area (Å²) in [5.41, 5.74) is 0.876. The van der Waals surface area contributed by atoms with Gasteiger partial charge in [0.05, 0.1) is 5.52 Å². The van der Waals surface area contributed by atoms with Crippen LogP contribution in [0.15, 0.2) is 24.4 Å². The number of nitrogens with zero attached hydrogens (tertiary/aromatic N) is 2. The zero-order valence-electron chi connectivity index (χ0n) is 9.28. The summed E-state index contributed by atoms with van der Waals surface area (Å²) in [6.45, 7) is 2.02. The molecule has 1 saturated heterocycles. The fourth-order valence-corrected chi connectivity index (χ4v) is 2.19. The molecule has 0 aliphatic carbocycles. The van der Waals surface area contributed by atoms with E-state index in [0.29, 0.717) is 17.0 Å². The van der Waals surface area contributed by atoms with Gasteiger partial charge in [-0.1, -0.05) is 11.6 Å². The van der Waals surface area contributed by atoms with Gasteiger partial charge in [-0.25, -0.2) is 9.97 Å². The molecule has 0 radical (unpaired) electrons. The molecule has 0 bridgehead atoms. The van der Waals surface area contributed by atoms with Crippen LogP contribution in [0, 0.1) is 0 Å². The van der Waals surface area contributed by atoms with Crippen molar-refractivity contribution in [2.45, 2.75) is 12.5 Å². The molecule has 0 saturated carbocycles. The molecule has 1 aromatic carbocycles. The first-order valence-corrected chi connectivity index (χ1v) is 6.08. The summed E-state index contributed by atoms with van der Waals surface area (Å²) < 4.78 is 0. The van der Waals surface area contributed by atoms with Gasteiger partial charge in [0.25, 0.3) is 0 Å². The Morgan fingerprint density at radius 2 is 2.35 bits per heavy atom. The van der Waals surface area contributed by atoms with Crippen molar-refractivity contribution in [3.63, 3.8) is 0 Å². The summed E-state index contributed by atoms with van der Waals surface area (Å²) in [5.74, 6) is 0.675. The van der Waals surface area contributed by atoms with Crippen molar-refractivity contribution < 1.29 is 0 Å². The van der Waals surface area contributed by atoms with E-state index in [0.717, 1.165) is 30.4 Å². The van der Waals surface area contributed by atoms with Crippen LogP contribution in [-0.4, -0.2) is 29.1 Å². The zero-order chi connectivity index (χ0) is 11.7. The van der Waals surface area contributed by atoms with Crippen LogP contribution in [0.25, 0.3) is 10.9 Å². The van der Waals surface area contributed by atoms with Crippen LogP contribution < -0.4 is 10.6 Å². The Balaban J connectivity index is 1.89. The SMILES string of the molecule is Clc1ccc2cnc(N[C@@H]3CCNC3)nc2c1. The lowest BCUT2D eigenvalue weighted by molar-refractivity contribution is 0.782. The quantitative estimate of drug-likeness (QED) is 0.854. The van der Waals surface area contributed by atoms with Gasteiger partial charge in [-0.05, 0) is 31.2 Å². The van der Waals surface area contributed by atoms with E-state index >= 15 is 0 Å². The van der Waals surface area contributed by atoms with Crippen molar-refractivity contribution in [1.82, 2.24) is 15.3 Å². The number of benzene rings is 1. The van der Waals surface area contributed by atoms with Crippen LogP contribution in [0.5, 0.6) is 0 Å². The van der Waals surface area contributed by atoms with Gasteiger partial charge in [0, 0.05) is 29.2 Å². The van der Waals surface area contributed by atoms with Gasteiger partial charge < -0.3 is 10.6 Å². The minimum absolute atomic E-state index is 0.423. The van der Waals surface area contributed by atoms with Gasteiger partial charge >= 0.3 is 0 Å². The molecular formula is C12H13ClN4. The van der Waals surface area contributed by atoms with Crippen LogP contribution in [0.3, 0.4) is 0 Å². The van der Waals surface area contributed by atoms with E-state index in [-0.39, 0.29) is 0 Å². The minimum atomic E-state index is 0.423. The summed E-state index contributed by atoms with van der Waals surface area (Å²) in [6, 6.07) is 6.06. The van der Waals surface area contributed by atoms with Crippen molar-refractivity contribution >= 4 is 28.5 Å². The molecule has 88 valence electrons. The number of aromatic nitrogens is 2. The van der Waals surface area contributed by atoms with Gasteiger partial charge in [-0.15, -0.1) is 0 Å². The molecule has 1 aromatic heterocycles. The lowest BCUT2D eigenvalue weighted by Gasteiger charge is -2.11. The number of anilines is 1. The summed E-state index contributed by atoms with van der Waals surface area (Å²) in [6.07, 6.45) is 2.93. The molecule has 1 aliphatic heterocycles. The lowest BCUT2D eigenvalue weighted by Crippen LogP contribution is -2.23. The van der Waals surface area contributed by atoms with Crippen LogP contribution in [0.4, 0.5) is 5.95 Å². The molecule has 2 aromatic rings. The fraction of sp³-hybridized carbons (Fsp3) is 0.333. The van der Waals surface area contributed by atoms with Crippen molar-refractivity contribution in [2.24, 2.45) is 0 Å². The normalized spacial score (nSPS) is 19.7. The number of rotatable bonds is 2. The Morgan fingerprint density at radius 3 is 3.18 bits per heavy atom. The molecule has 5 heteroatoms. The molecule has 2 heterocycles. The molecule has 4 nitrogen and oxygen atoms in total. The van der Waals surface area contributed by atoms with Gasteiger partial charge in [0.2, 0.25) is 5.95 Å². The monoisotopic (exact) mass is 248 g/mol. The predicted octanol–water partition coefficient (Wildman–Crippen LogP) is 2.06. The third-order valence-corrected chi connectivity index (χ3v) is 3.17. The third kappa shape index (κ3) is 2.33.